The van der Waals surface area contributed by atoms with Crippen LogP contribution in [0, 0.1) is 6.92 Å². The van der Waals surface area contributed by atoms with Crippen molar-refractivity contribution < 1.29 is 13.2 Å². The first-order valence-corrected chi connectivity index (χ1v) is 8.85. The highest BCUT2D eigenvalue weighted by Crippen LogP contribution is 2.19. The maximum Gasteiger partial charge on any atom is 0.253 e. The van der Waals surface area contributed by atoms with Crippen molar-refractivity contribution in [1.82, 2.24) is 5.32 Å². The van der Waals surface area contributed by atoms with Crippen LogP contribution in [0.4, 0.5) is 0 Å². The number of carbonyl (C=O) groups is 1. The Morgan fingerprint density at radius 3 is 2.27 bits per heavy atom. The van der Waals surface area contributed by atoms with Gasteiger partial charge in [0.15, 0.2) is 9.84 Å². The Morgan fingerprint density at radius 1 is 1.05 bits per heavy atom. The summed E-state index contributed by atoms with van der Waals surface area (Å²) in [5.74, 6) is -0.392. The zero-order chi connectivity index (χ0) is 16.3. The number of aryl methyl sites for hydroxylation is 1. The van der Waals surface area contributed by atoms with E-state index >= 15 is 0 Å². The molecular weight excluding hydrogens is 298 g/mol. The Bertz CT molecular complexity index is 797. The van der Waals surface area contributed by atoms with Crippen LogP contribution in [0.25, 0.3) is 0 Å². The van der Waals surface area contributed by atoms with Crippen molar-refractivity contribution in [1.29, 1.82) is 0 Å². The lowest BCUT2D eigenvalue weighted by atomic mass is 10.0. The molecule has 0 saturated heterocycles. The highest BCUT2D eigenvalue weighted by atomic mass is 32.2. The van der Waals surface area contributed by atoms with Crippen molar-refractivity contribution in [2.45, 2.75) is 24.8 Å². The second-order valence-electron chi connectivity index (χ2n) is 5.32. The fourth-order valence-electron chi connectivity index (χ4n) is 2.40. The molecule has 2 rings (SSSR count). The summed E-state index contributed by atoms with van der Waals surface area (Å²) in [5.41, 5.74) is 2.25. The molecule has 2 aromatic carbocycles. The third kappa shape index (κ3) is 3.54. The molecule has 22 heavy (non-hydrogen) atoms. The molecule has 4 nitrogen and oxygen atoms in total. The molecule has 0 radical (unpaired) electrons. The molecule has 0 aliphatic carbocycles. The number of benzene rings is 2. The zero-order valence-corrected chi connectivity index (χ0v) is 13.6. The van der Waals surface area contributed by atoms with Crippen LogP contribution >= 0.6 is 0 Å². The van der Waals surface area contributed by atoms with E-state index in [0.29, 0.717) is 0 Å². The summed E-state index contributed by atoms with van der Waals surface area (Å²) in [4.78, 5) is 12.5. The molecule has 0 saturated carbocycles. The highest BCUT2D eigenvalue weighted by molar-refractivity contribution is 7.90. The van der Waals surface area contributed by atoms with Gasteiger partial charge in [0, 0.05) is 6.26 Å². The molecule has 0 aromatic heterocycles. The van der Waals surface area contributed by atoms with Gasteiger partial charge in [0.2, 0.25) is 0 Å². The molecule has 2 aromatic rings. The van der Waals surface area contributed by atoms with Gasteiger partial charge in [-0.25, -0.2) is 8.42 Å². The monoisotopic (exact) mass is 317 g/mol. The first-order valence-electron chi connectivity index (χ1n) is 6.96. The number of carbonyl (C=O) groups excluding carboxylic acids is 1. The van der Waals surface area contributed by atoms with E-state index in [2.05, 4.69) is 5.32 Å². The van der Waals surface area contributed by atoms with Crippen molar-refractivity contribution in [2.24, 2.45) is 0 Å². The van der Waals surface area contributed by atoms with E-state index in [0.717, 1.165) is 17.4 Å². The summed E-state index contributed by atoms with van der Waals surface area (Å²) in [6, 6.07) is 13.8. The predicted octanol–water partition coefficient (Wildman–Crippen LogP) is 2.89. The predicted molar refractivity (Wildman–Crippen MR) is 86.6 cm³/mol. The standard InChI is InChI=1S/C17H19NO3S/c1-12-8-4-5-9-14(12)13(2)18-17(19)15-10-6-7-11-16(15)22(3,20)21/h4-11,13H,1-3H3,(H,18,19)/t13-/m0/s1. The van der Waals surface area contributed by atoms with Gasteiger partial charge in [0.05, 0.1) is 16.5 Å². The summed E-state index contributed by atoms with van der Waals surface area (Å²) in [7, 11) is -3.45. The van der Waals surface area contributed by atoms with Crippen LogP contribution in [0.1, 0.15) is 34.5 Å². The Morgan fingerprint density at radius 2 is 1.64 bits per heavy atom. The molecule has 116 valence electrons. The molecule has 0 aliphatic heterocycles. The van der Waals surface area contributed by atoms with Crippen molar-refractivity contribution in [3.8, 4) is 0 Å². The van der Waals surface area contributed by atoms with E-state index in [1.54, 1.807) is 12.1 Å². The average Bonchev–Trinajstić information content (AvgIpc) is 2.46. The number of rotatable bonds is 4. The van der Waals surface area contributed by atoms with E-state index in [1.807, 2.05) is 38.1 Å². The smallest absolute Gasteiger partial charge is 0.253 e. The lowest BCUT2D eigenvalue weighted by Gasteiger charge is -2.17. The van der Waals surface area contributed by atoms with Crippen LogP contribution in [-0.4, -0.2) is 20.6 Å². The van der Waals surface area contributed by atoms with Gasteiger partial charge in [0.25, 0.3) is 5.91 Å². The molecule has 1 atom stereocenters. The fraction of sp³-hybridized carbons (Fsp3) is 0.235. The molecule has 0 bridgehead atoms. The number of hydrogen-bond acceptors (Lipinski definition) is 3. The summed E-state index contributed by atoms with van der Waals surface area (Å²) in [6.45, 7) is 3.85. The molecule has 5 heteroatoms. The maximum atomic E-state index is 12.4. The third-order valence-corrected chi connectivity index (χ3v) is 4.69. The lowest BCUT2D eigenvalue weighted by molar-refractivity contribution is 0.0936. The van der Waals surface area contributed by atoms with Gasteiger partial charge in [0.1, 0.15) is 0 Å². The van der Waals surface area contributed by atoms with Crippen LogP contribution < -0.4 is 5.32 Å². The topological polar surface area (TPSA) is 63.2 Å². The molecule has 0 aliphatic rings. The molecule has 1 N–H and O–H groups in total. The van der Waals surface area contributed by atoms with Gasteiger partial charge in [-0.3, -0.25) is 4.79 Å². The Labute approximate surface area is 131 Å². The van der Waals surface area contributed by atoms with Gasteiger partial charge >= 0.3 is 0 Å². The van der Waals surface area contributed by atoms with E-state index in [-0.39, 0.29) is 16.5 Å². The Hall–Kier alpha value is -2.14. The fourth-order valence-corrected chi connectivity index (χ4v) is 3.29. The number of sulfone groups is 1. The van der Waals surface area contributed by atoms with E-state index in [9.17, 15) is 13.2 Å². The third-order valence-electron chi connectivity index (χ3n) is 3.53. The first kappa shape index (κ1) is 16.2. The normalized spacial score (nSPS) is 12.7. The second kappa shape index (κ2) is 6.32. The van der Waals surface area contributed by atoms with E-state index in [4.69, 9.17) is 0 Å². The molecule has 0 spiro atoms. The second-order valence-corrected chi connectivity index (χ2v) is 7.30. The number of hydrogen-bond donors (Lipinski definition) is 1. The molecular formula is C17H19NO3S. The van der Waals surface area contributed by atoms with E-state index in [1.165, 1.54) is 12.1 Å². The van der Waals surface area contributed by atoms with Gasteiger partial charge in [-0.2, -0.15) is 0 Å². The van der Waals surface area contributed by atoms with Crippen molar-refractivity contribution in [3.63, 3.8) is 0 Å². The minimum absolute atomic E-state index is 0.0458. The lowest BCUT2D eigenvalue weighted by Crippen LogP contribution is -2.28. The maximum absolute atomic E-state index is 12.4. The van der Waals surface area contributed by atoms with Crippen molar-refractivity contribution in [3.05, 3.63) is 65.2 Å². The minimum atomic E-state index is -3.45. The summed E-state index contributed by atoms with van der Waals surface area (Å²) >= 11 is 0. The first-order chi connectivity index (χ1) is 10.3. The SMILES string of the molecule is Cc1ccccc1[C@H](C)NC(=O)c1ccccc1S(C)(=O)=O. The van der Waals surface area contributed by atoms with Crippen LogP contribution in [0.3, 0.4) is 0 Å². The van der Waals surface area contributed by atoms with Crippen molar-refractivity contribution in [2.75, 3.05) is 6.26 Å². The van der Waals surface area contributed by atoms with Gasteiger partial charge in [-0.1, -0.05) is 36.4 Å². The van der Waals surface area contributed by atoms with Crippen LogP contribution in [-0.2, 0) is 9.84 Å². The van der Waals surface area contributed by atoms with Crippen LogP contribution in [0.5, 0.6) is 0 Å². The summed E-state index contributed by atoms with van der Waals surface area (Å²) < 4.78 is 23.6. The van der Waals surface area contributed by atoms with E-state index < -0.39 is 15.7 Å². The van der Waals surface area contributed by atoms with Crippen LogP contribution in [0.15, 0.2) is 53.4 Å². The van der Waals surface area contributed by atoms with Gasteiger partial charge < -0.3 is 5.32 Å². The Balaban J connectivity index is 2.29. The minimum Gasteiger partial charge on any atom is -0.345 e. The zero-order valence-electron chi connectivity index (χ0n) is 12.8. The number of nitrogens with one attached hydrogen (secondary N) is 1. The quantitative estimate of drug-likeness (QED) is 0.943. The van der Waals surface area contributed by atoms with Gasteiger partial charge in [-0.15, -0.1) is 0 Å². The Kier molecular flexibility index (Phi) is 4.66. The van der Waals surface area contributed by atoms with Gasteiger partial charge in [-0.05, 0) is 37.1 Å². The molecule has 0 unspecified atom stereocenters. The highest BCUT2D eigenvalue weighted by Gasteiger charge is 2.20. The van der Waals surface area contributed by atoms with Crippen molar-refractivity contribution >= 4 is 15.7 Å². The molecule has 0 fully saturated rings. The largest absolute Gasteiger partial charge is 0.345 e. The number of amides is 1. The average molecular weight is 317 g/mol. The molecule has 1 amide bonds. The summed E-state index contributed by atoms with van der Waals surface area (Å²) in [5, 5.41) is 2.86. The summed E-state index contributed by atoms with van der Waals surface area (Å²) in [6.07, 6.45) is 1.10. The molecule has 0 heterocycles. The van der Waals surface area contributed by atoms with Crippen LogP contribution in [0.2, 0.25) is 0 Å².